The van der Waals surface area contributed by atoms with E-state index in [2.05, 4.69) is 35.2 Å². The summed E-state index contributed by atoms with van der Waals surface area (Å²) in [5.74, 6) is -0.551. The first-order chi connectivity index (χ1) is 21.3. The van der Waals surface area contributed by atoms with Crippen LogP contribution in [0.2, 0.25) is 0 Å². The molecule has 0 aliphatic carbocycles. The Morgan fingerprint density at radius 1 is 0.889 bits per heavy atom. The van der Waals surface area contributed by atoms with Gasteiger partial charge in [0.2, 0.25) is 15.9 Å². The van der Waals surface area contributed by atoms with Crippen molar-refractivity contribution in [2.24, 2.45) is 5.41 Å². The summed E-state index contributed by atoms with van der Waals surface area (Å²) >= 11 is 0. The van der Waals surface area contributed by atoms with Gasteiger partial charge in [-0.2, -0.15) is 5.10 Å². The SMILES string of the molecule is CC(C)(C)CC(=O)Nc1cncc(-c2ccc3[nH]nc(-c4cc5c(-c6cc(F)cc(CNS(C)(=O)=O)c6)cncc5[nH]4)c3c2)c1. The maximum absolute atomic E-state index is 14.6. The van der Waals surface area contributed by atoms with E-state index < -0.39 is 15.8 Å². The van der Waals surface area contributed by atoms with Crippen molar-refractivity contribution >= 4 is 43.4 Å². The van der Waals surface area contributed by atoms with Gasteiger partial charge in [-0.1, -0.05) is 26.8 Å². The molecular formula is C33H32FN7O3S. The molecule has 0 radical (unpaired) electrons. The molecule has 0 aliphatic rings. The molecule has 230 valence electrons. The van der Waals surface area contributed by atoms with Gasteiger partial charge in [0, 0.05) is 47.3 Å². The number of nitrogens with zero attached hydrogens (tertiary/aromatic N) is 3. The fourth-order valence-corrected chi connectivity index (χ4v) is 5.71. The smallest absolute Gasteiger partial charge is 0.224 e. The van der Waals surface area contributed by atoms with Crippen molar-refractivity contribution in [2.75, 3.05) is 11.6 Å². The molecule has 0 fully saturated rings. The molecule has 0 aliphatic heterocycles. The lowest BCUT2D eigenvalue weighted by atomic mass is 9.92. The Bertz CT molecular complexity index is 2180. The lowest BCUT2D eigenvalue weighted by Gasteiger charge is -2.17. The minimum atomic E-state index is -3.44. The minimum absolute atomic E-state index is 0.0330. The number of carbonyl (C=O) groups is 1. The molecule has 0 spiro atoms. The number of aromatic nitrogens is 5. The predicted octanol–water partition coefficient (Wildman–Crippen LogP) is 6.40. The maximum atomic E-state index is 14.6. The molecule has 10 nitrogen and oxygen atoms in total. The molecular weight excluding hydrogens is 593 g/mol. The average Bonchev–Trinajstić information content (AvgIpc) is 3.58. The van der Waals surface area contributed by atoms with Crippen LogP contribution in [0.1, 0.15) is 32.8 Å². The summed E-state index contributed by atoms with van der Waals surface area (Å²) in [6.45, 7) is 6.02. The Hall–Kier alpha value is -4.94. The molecule has 0 saturated heterocycles. The number of fused-ring (bicyclic) bond motifs is 2. The third-order valence-corrected chi connectivity index (χ3v) is 7.89. The summed E-state index contributed by atoms with van der Waals surface area (Å²) < 4.78 is 40.2. The number of carbonyl (C=O) groups excluding carboxylic acids is 1. The second kappa shape index (κ2) is 11.5. The Morgan fingerprint density at radius 3 is 2.47 bits per heavy atom. The number of rotatable bonds is 8. The van der Waals surface area contributed by atoms with Crippen molar-refractivity contribution < 1.29 is 17.6 Å². The second-order valence-corrected chi connectivity index (χ2v) is 14.2. The average molecular weight is 626 g/mol. The number of halogens is 1. The van der Waals surface area contributed by atoms with Gasteiger partial charge in [0.25, 0.3) is 0 Å². The van der Waals surface area contributed by atoms with Gasteiger partial charge in [0.05, 0.1) is 41.1 Å². The lowest BCUT2D eigenvalue weighted by molar-refractivity contribution is -0.117. The van der Waals surface area contributed by atoms with Crippen LogP contribution in [0.5, 0.6) is 0 Å². The van der Waals surface area contributed by atoms with Gasteiger partial charge in [-0.05, 0) is 64.6 Å². The van der Waals surface area contributed by atoms with Crippen LogP contribution in [-0.4, -0.2) is 45.7 Å². The Morgan fingerprint density at radius 2 is 1.69 bits per heavy atom. The summed E-state index contributed by atoms with van der Waals surface area (Å²) in [4.78, 5) is 24.6. The van der Waals surface area contributed by atoms with Crippen molar-refractivity contribution in [2.45, 2.75) is 33.7 Å². The third kappa shape index (κ3) is 6.92. The van der Waals surface area contributed by atoms with Gasteiger partial charge in [-0.3, -0.25) is 19.9 Å². The summed E-state index contributed by atoms with van der Waals surface area (Å²) in [7, 11) is -3.44. The van der Waals surface area contributed by atoms with Crippen LogP contribution >= 0.6 is 0 Å². The zero-order chi connectivity index (χ0) is 31.9. The number of amides is 1. The van der Waals surface area contributed by atoms with Crippen LogP contribution in [0, 0.1) is 11.2 Å². The normalized spacial score (nSPS) is 12.2. The lowest BCUT2D eigenvalue weighted by Crippen LogP contribution is -2.21. The van der Waals surface area contributed by atoms with Crippen LogP contribution in [0.25, 0.3) is 55.4 Å². The highest BCUT2D eigenvalue weighted by atomic mass is 32.2. The zero-order valence-corrected chi connectivity index (χ0v) is 26.0. The molecule has 6 rings (SSSR count). The molecule has 1 amide bonds. The van der Waals surface area contributed by atoms with Crippen molar-refractivity contribution in [1.29, 1.82) is 0 Å². The molecule has 0 saturated carbocycles. The minimum Gasteiger partial charge on any atom is -0.352 e. The molecule has 2 aromatic carbocycles. The molecule has 4 heterocycles. The number of aromatic amines is 2. The Labute approximate surface area is 259 Å². The van der Waals surface area contributed by atoms with E-state index in [1.165, 1.54) is 12.1 Å². The highest BCUT2D eigenvalue weighted by Crippen LogP contribution is 2.35. The predicted molar refractivity (Wildman–Crippen MR) is 174 cm³/mol. The fraction of sp³-hybridized carbons (Fsp3) is 0.212. The van der Waals surface area contributed by atoms with Crippen molar-refractivity contribution in [3.8, 4) is 33.6 Å². The van der Waals surface area contributed by atoms with Crippen LogP contribution in [0.3, 0.4) is 0 Å². The Balaban J connectivity index is 1.34. The zero-order valence-electron chi connectivity index (χ0n) is 25.2. The van der Waals surface area contributed by atoms with Crippen LogP contribution in [-0.2, 0) is 21.4 Å². The summed E-state index contributed by atoms with van der Waals surface area (Å²) in [6.07, 6.45) is 8.18. The molecule has 0 unspecified atom stereocenters. The first-order valence-electron chi connectivity index (χ1n) is 14.3. The first-order valence-corrected chi connectivity index (χ1v) is 16.2. The highest BCUT2D eigenvalue weighted by Gasteiger charge is 2.18. The van der Waals surface area contributed by atoms with E-state index in [1.807, 2.05) is 51.1 Å². The van der Waals surface area contributed by atoms with Crippen LogP contribution < -0.4 is 10.0 Å². The third-order valence-electron chi connectivity index (χ3n) is 7.22. The van der Waals surface area contributed by atoms with E-state index in [0.29, 0.717) is 34.5 Å². The number of pyridine rings is 2. The van der Waals surface area contributed by atoms with Crippen molar-refractivity contribution in [1.82, 2.24) is 29.9 Å². The number of sulfonamides is 1. The van der Waals surface area contributed by atoms with E-state index in [9.17, 15) is 17.6 Å². The van der Waals surface area contributed by atoms with E-state index >= 15 is 0 Å². The Kier molecular flexibility index (Phi) is 7.71. The standard InChI is InChI=1S/C33H32FN7O3S/c1-33(2,3)13-31(42)38-24-10-22(15-35-16-24)20-5-6-28-26(11-20)32(41-40-28)29-12-25-27(17-36-18-30(25)39-29)21-7-19(8-23(34)9-21)14-37-45(4,43)44/h5-12,15-18,37,39H,13-14H2,1-4H3,(H,38,42)(H,40,41). The van der Waals surface area contributed by atoms with Gasteiger partial charge in [0.1, 0.15) is 11.5 Å². The maximum Gasteiger partial charge on any atom is 0.224 e. The molecule has 45 heavy (non-hydrogen) atoms. The van der Waals surface area contributed by atoms with Gasteiger partial charge in [-0.25, -0.2) is 17.5 Å². The topological polar surface area (TPSA) is 146 Å². The molecule has 0 bridgehead atoms. The molecule has 4 aromatic heterocycles. The van der Waals surface area contributed by atoms with E-state index in [0.717, 1.165) is 44.9 Å². The van der Waals surface area contributed by atoms with Crippen LogP contribution in [0.4, 0.5) is 10.1 Å². The van der Waals surface area contributed by atoms with Gasteiger partial charge < -0.3 is 10.3 Å². The first kappa shape index (κ1) is 30.1. The van der Waals surface area contributed by atoms with Crippen molar-refractivity contribution in [3.63, 3.8) is 0 Å². The van der Waals surface area contributed by atoms with Gasteiger partial charge >= 0.3 is 0 Å². The fourth-order valence-electron chi connectivity index (χ4n) is 5.28. The number of hydrogen-bond acceptors (Lipinski definition) is 6. The summed E-state index contributed by atoms with van der Waals surface area (Å²) in [6, 6.07) is 14.2. The quantitative estimate of drug-likeness (QED) is 0.154. The molecule has 4 N–H and O–H groups in total. The number of benzene rings is 2. The number of anilines is 1. The van der Waals surface area contributed by atoms with E-state index in [1.54, 1.807) is 30.9 Å². The van der Waals surface area contributed by atoms with Gasteiger partial charge in [0.15, 0.2) is 0 Å². The molecule has 6 aromatic rings. The van der Waals surface area contributed by atoms with Crippen molar-refractivity contribution in [3.05, 3.63) is 84.7 Å². The van der Waals surface area contributed by atoms with Crippen LogP contribution in [0.15, 0.2) is 73.3 Å². The van der Waals surface area contributed by atoms with Gasteiger partial charge in [-0.15, -0.1) is 0 Å². The summed E-state index contributed by atoms with van der Waals surface area (Å²) in [5, 5.41) is 12.3. The highest BCUT2D eigenvalue weighted by molar-refractivity contribution is 7.88. The second-order valence-electron chi connectivity index (χ2n) is 12.4. The number of hydrogen-bond donors (Lipinski definition) is 4. The van der Waals surface area contributed by atoms with E-state index in [4.69, 9.17) is 0 Å². The summed E-state index contributed by atoms with van der Waals surface area (Å²) in [5.41, 5.74) is 6.97. The monoisotopic (exact) mass is 625 g/mol. The largest absolute Gasteiger partial charge is 0.352 e. The number of nitrogens with one attached hydrogen (secondary N) is 4. The molecule has 0 atom stereocenters. The molecule has 12 heteroatoms. The number of H-pyrrole nitrogens is 2. The van der Waals surface area contributed by atoms with E-state index in [-0.39, 0.29) is 17.9 Å².